The van der Waals surface area contributed by atoms with E-state index < -0.39 is 0 Å². The molecular weight excluding hydrogens is 439 g/mol. The summed E-state index contributed by atoms with van der Waals surface area (Å²) >= 11 is 1.21. The number of aryl methyl sites for hydroxylation is 2. The van der Waals surface area contributed by atoms with Crippen molar-refractivity contribution in [3.05, 3.63) is 87.3 Å². The predicted octanol–water partition coefficient (Wildman–Crippen LogP) is 4.21. The summed E-state index contributed by atoms with van der Waals surface area (Å²) in [6, 6.07) is 10.5. The second kappa shape index (κ2) is 12.9. The first kappa shape index (κ1) is 24.6. The first-order valence-corrected chi connectivity index (χ1v) is 12.1. The number of aromatic nitrogens is 3. The zero-order valence-corrected chi connectivity index (χ0v) is 19.6. The van der Waals surface area contributed by atoms with Gasteiger partial charge < -0.3 is 10.3 Å². The molecule has 0 saturated carbocycles. The standard InChI is InChI=1S/C25H29FN4O2S/c1-18-7-8-20(15-28-18)14-21-16-29-25(30-24(21)32)33-17-23(31)27-13-5-3-2-4-6-19-9-11-22(26)12-10-19/h7-12,15-16H,2-6,13-14,17H2,1H3,(H,27,31)(H,29,30,32). The van der Waals surface area contributed by atoms with E-state index in [2.05, 4.69) is 20.3 Å². The molecule has 0 aliphatic carbocycles. The van der Waals surface area contributed by atoms with Crippen molar-refractivity contribution in [2.75, 3.05) is 12.3 Å². The van der Waals surface area contributed by atoms with Crippen LogP contribution in [0.2, 0.25) is 0 Å². The predicted molar refractivity (Wildman–Crippen MR) is 129 cm³/mol. The summed E-state index contributed by atoms with van der Waals surface area (Å²) in [5.74, 6) is -0.0826. The van der Waals surface area contributed by atoms with Crippen LogP contribution in [0.3, 0.4) is 0 Å². The second-order valence-corrected chi connectivity index (χ2v) is 8.92. The Morgan fingerprint density at radius 3 is 2.48 bits per heavy atom. The van der Waals surface area contributed by atoms with Crippen LogP contribution in [0.25, 0.3) is 0 Å². The van der Waals surface area contributed by atoms with E-state index in [4.69, 9.17) is 0 Å². The number of rotatable bonds is 12. The monoisotopic (exact) mass is 468 g/mol. The molecule has 0 aliphatic heterocycles. The molecule has 0 aliphatic rings. The zero-order valence-electron chi connectivity index (χ0n) is 18.8. The third kappa shape index (κ3) is 8.81. The summed E-state index contributed by atoms with van der Waals surface area (Å²) in [5.41, 5.74) is 3.39. The molecule has 33 heavy (non-hydrogen) atoms. The first-order valence-electron chi connectivity index (χ1n) is 11.1. The normalized spacial score (nSPS) is 10.8. The van der Waals surface area contributed by atoms with Crippen molar-refractivity contribution in [3.8, 4) is 0 Å². The summed E-state index contributed by atoms with van der Waals surface area (Å²) < 4.78 is 12.9. The van der Waals surface area contributed by atoms with Gasteiger partial charge in [-0.3, -0.25) is 14.6 Å². The van der Waals surface area contributed by atoms with Gasteiger partial charge in [0.15, 0.2) is 5.16 Å². The number of aromatic amines is 1. The molecule has 0 spiro atoms. The van der Waals surface area contributed by atoms with Crippen LogP contribution < -0.4 is 10.9 Å². The highest BCUT2D eigenvalue weighted by atomic mass is 32.2. The number of nitrogens with zero attached hydrogens (tertiary/aromatic N) is 2. The van der Waals surface area contributed by atoms with Gasteiger partial charge in [0.25, 0.3) is 5.56 Å². The van der Waals surface area contributed by atoms with E-state index in [1.165, 1.54) is 23.9 Å². The van der Waals surface area contributed by atoms with Crippen LogP contribution in [0.15, 0.2) is 58.7 Å². The van der Waals surface area contributed by atoms with Gasteiger partial charge in [0.2, 0.25) is 5.91 Å². The first-order chi connectivity index (χ1) is 16.0. The number of thioether (sulfide) groups is 1. The summed E-state index contributed by atoms with van der Waals surface area (Å²) in [6.07, 6.45) is 8.78. The van der Waals surface area contributed by atoms with Gasteiger partial charge in [0.05, 0.1) is 5.75 Å². The maximum absolute atomic E-state index is 12.9. The number of benzene rings is 1. The van der Waals surface area contributed by atoms with Crippen molar-refractivity contribution < 1.29 is 9.18 Å². The lowest BCUT2D eigenvalue weighted by Gasteiger charge is -2.06. The maximum Gasteiger partial charge on any atom is 0.255 e. The van der Waals surface area contributed by atoms with Gasteiger partial charge in [-0.15, -0.1) is 0 Å². The van der Waals surface area contributed by atoms with E-state index >= 15 is 0 Å². The van der Waals surface area contributed by atoms with Crippen LogP contribution in [0.1, 0.15) is 48.1 Å². The lowest BCUT2D eigenvalue weighted by Crippen LogP contribution is -2.26. The number of amides is 1. The molecule has 174 valence electrons. The van der Waals surface area contributed by atoms with E-state index in [-0.39, 0.29) is 23.0 Å². The minimum absolute atomic E-state index is 0.0798. The molecule has 0 fully saturated rings. The smallest absolute Gasteiger partial charge is 0.255 e. The Morgan fingerprint density at radius 1 is 1.00 bits per heavy atom. The van der Waals surface area contributed by atoms with Gasteiger partial charge in [-0.05, 0) is 55.5 Å². The summed E-state index contributed by atoms with van der Waals surface area (Å²) in [5, 5.41) is 3.33. The van der Waals surface area contributed by atoms with E-state index in [0.717, 1.165) is 48.9 Å². The Bertz CT molecular complexity index is 1080. The molecule has 6 nitrogen and oxygen atoms in total. The maximum atomic E-state index is 12.9. The average molecular weight is 469 g/mol. The fraction of sp³-hybridized carbons (Fsp3) is 0.360. The van der Waals surface area contributed by atoms with E-state index in [0.29, 0.717) is 23.7 Å². The van der Waals surface area contributed by atoms with Gasteiger partial charge in [-0.1, -0.05) is 42.8 Å². The molecule has 3 aromatic rings. The largest absolute Gasteiger partial charge is 0.355 e. The van der Waals surface area contributed by atoms with Gasteiger partial charge in [-0.2, -0.15) is 0 Å². The quantitative estimate of drug-likeness (QED) is 0.236. The lowest BCUT2D eigenvalue weighted by atomic mass is 10.1. The van der Waals surface area contributed by atoms with E-state index in [1.807, 2.05) is 31.2 Å². The van der Waals surface area contributed by atoms with Crippen molar-refractivity contribution in [1.29, 1.82) is 0 Å². The average Bonchev–Trinajstić information content (AvgIpc) is 2.81. The van der Waals surface area contributed by atoms with Crippen molar-refractivity contribution in [2.24, 2.45) is 0 Å². The Balaban J connectivity index is 1.29. The third-order valence-corrected chi connectivity index (χ3v) is 6.07. The zero-order chi connectivity index (χ0) is 23.5. The fourth-order valence-corrected chi connectivity index (χ4v) is 3.96. The molecule has 1 aromatic carbocycles. The molecule has 2 aromatic heterocycles. The molecule has 2 N–H and O–H groups in total. The molecule has 0 unspecified atom stereocenters. The molecule has 8 heteroatoms. The minimum atomic E-state index is -0.206. The Hall–Kier alpha value is -3.00. The summed E-state index contributed by atoms with van der Waals surface area (Å²) in [4.78, 5) is 35.6. The van der Waals surface area contributed by atoms with E-state index in [9.17, 15) is 14.0 Å². The molecule has 0 atom stereocenters. The number of carbonyl (C=O) groups excluding carboxylic acids is 1. The number of pyridine rings is 1. The van der Waals surface area contributed by atoms with Crippen LogP contribution in [0.5, 0.6) is 0 Å². The lowest BCUT2D eigenvalue weighted by molar-refractivity contribution is -0.118. The molecule has 1 amide bonds. The number of halogens is 1. The number of carbonyl (C=O) groups is 1. The fourth-order valence-electron chi connectivity index (χ4n) is 3.30. The van der Waals surface area contributed by atoms with Gasteiger partial charge in [0.1, 0.15) is 5.82 Å². The Kier molecular flexibility index (Phi) is 9.62. The van der Waals surface area contributed by atoms with Gasteiger partial charge in [0, 0.05) is 36.6 Å². The van der Waals surface area contributed by atoms with Crippen LogP contribution in [-0.4, -0.2) is 33.2 Å². The van der Waals surface area contributed by atoms with Crippen LogP contribution in [0.4, 0.5) is 4.39 Å². The molecule has 2 heterocycles. The molecule has 0 saturated heterocycles. The van der Waals surface area contributed by atoms with Crippen molar-refractivity contribution in [1.82, 2.24) is 20.3 Å². The molecular formula is C25H29FN4O2S. The SMILES string of the molecule is Cc1ccc(Cc2cnc(SCC(=O)NCCCCCCc3ccc(F)cc3)[nH]c2=O)cn1. The van der Waals surface area contributed by atoms with Crippen LogP contribution in [0, 0.1) is 12.7 Å². The topological polar surface area (TPSA) is 87.7 Å². The van der Waals surface area contributed by atoms with Crippen LogP contribution >= 0.6 is 11.8 Å². The number of unbranched alkanes of at least 4 members (excludes halogenated alkanes) is 3. The summed E-state index contributed by atoms with van der Waals surface area (Å²) in [6.45, 7) is 2.54. The van der Waals surface area contributed by atoms with Crippen molar-refractivity contribution in [3.63, 3.8) is 0 Å². The van der Waals surface area contributed by atoms with Crippen LogP contribution in [-0.2, 0) is 17.6 Å². The minimum Gasteiger partial charge on any atom is -0.355 e. The number of hydrogen-bond donors (Lipinski definition) is 2. The van der Waals surface area contributed by atoms with E-state index in [1.54, 1.807) is 12.4 Å². The second-order valence-electron chi connectivity index (χ2n) is 7.96. The highest BCUT2D eigenvalue weighted by Gasteiger charge is 2.08. The summed E-state index contributed by atoms with van der Waals surface area (Å²) in [7, 11) is 0. The van der Waals surface area contributed by atoms with Crippen molar-refractivity contribution in [2.45, 2.75) is 50.6 Å². The highest BCUT2D eigenvalue weighted by molar-refractivity contribution is 7.99. The molecule has 0 radical (unpaired) electrons. The number of hydrogen-bond acceptors (Lipinski definition) is 5. The number of nitrogens with one attached hydrogen (secondary N) is 2. The van der Waals surface area contributed by atoms with Gasteiger partial charge in [-0.25, -0.2) is 9.37 Å². The van der Waals surface area contributed by atoms with Gasteiger partial charge >= 0.3 is 0 Å². The highest BCUT2D eigenvalue weighted by Crippen LogP contribution is 2.12. The Morgan fingerprint density at radius 2 is 1.76 bits per heavy atom. The number of H-pyrrole nitrogens is 1. The van der Waals surface area contributed by atoms with Crippen molar-refractivity contribution >= 4 is 17.7 Å². The Labute approximate surface area is 197 Å². The third-order valence-electron chi connectivity index (χ3n) is 5.18. The molecule has 3 rings (SSSR count). The molecule has 0 bridgehead atoms.